The Labute approximate surface area is 145 Å². The Hall–Kier alpha value is -2.08. The number of nitrogens with one attached hydrogen (secondary N) is 1. The average molecular weight is 347 g/mol. The number of rotatable bonds is 5. The molecule has 0 aromatic carbocycles. The molecule has 2 aromatic heterocycles. The van der Waals surface area contributed by atoms with Gasteiger partial charge in [-0.2, -0.15) is 0 Å². The van der Waals surface area contributed by atoms with Crippen LogP contribution in [0.3, 0.4) is 0 Å². The summed E-state index contributed by atoms with van der Waals surface area (Å²) in [6, 6.07) is 3.26. The van der Waals surface area contributed by atoms with Gasteiger partial charge >= 0.3 is 5.97 Å². The van der Waals surface area contributed by atoms with Crippen LogP contribution in [0, 0.1) is 5.92 Å². The highest BCUT2D eigenvalue weighted by atomic mass is 32.1. The molecule has 0 saturated heterocycles. The van der Waals surface area contributed by atoms with Gasteiger partial charge in [-0.05, 0) is 49.3 Å². The molecule has 0 fully saturated rings. The van der Waals surface area contributed by atoms with E-state index in [1.165, 1.54) is 22.5 Å². The Morgan fingerprint density at radius 3 is 3.00 bits per heavy atom. The monoisotopic (exact) mass is 347 g/mol. The summed E-state index contributed by atoms with van der Waals surface area (Å²) in [6.45, 7) is 4.54. The third-order valence-corrected chi connectivity index (χ3v) is 5.29. The predicted molar refractivity (Wildman–Crippen MR) is 92.7 cm³/mol. The van der Waals surface area contributed by atoms with Gasteiger partial charge in [-0.1, -0.05) is 13.8 Å². The molecule has 3 rings (SSSR count). The fraction of sp³-hybridized carbons (Fsp3) is 0.444. The van der Waals surface area contributed by atoms with Crippen LogP contribution in [-0.4, -0.2) is 18.5 Å². The van der Waals surface area contributed by atoms with E-state index in [-0.39, 0.29) is 17.6 Å². The standard InChI is InChI=1S/C18H21NO4S/c1-3-8-23-18(21)15-12-7-6-11(2)10-14(12)24-17(15)19-16(20)13-5-4-9-22-13/h4-5,9,11H,3,6-8,10H2,1-2H3,(H,19,20). The van der Waals surface area contributed by atoms with Crippen molar-refractivity contribution < 1.29 is 18.7 Å². The minimum Gasteiger partial charge on any atom is -0.462 e. The number of carbonyl (C=O) groups is 2. The Kier molecular flexibility index (Phi) is 5.04. The summed E-state index contributed by atoms with van der Waals surface area (Å²) < 4.78 is 10.5. The summed E-state index contributed by atoms with van der Waals surface area (Å²) in [4.78, 5) is 26.0. The van der Waals surface area contributed by atoms with Crippen LogP contribution in [0.5, 0.6) is 0 Å². The molecule has 1 aliphatic rings. The zero-order valence-electron chi connectivity index (χ0n) is 13.9. The van der Waals surface area contributed by atoms with Gasteiger partial charge in [0.2, 0.25) is 0 Å². The Balaban J connectivity index is 1.92. The summed E-state index contributed by atoms with van der Waals surface area (Å²) in [5.41, 5.74) is 1.56. The minimum absolute atomic E-state index is 0.225. The van der Waals surface area contributed by atoms with E-state index in [1.54, 1.807) is 12.1 Å². The lowest BCUT2D eigenvalue weighted by Gasteiger charge is -2.18. The molecule has 24 heavy (non-hydrogen) atoms. The SMILES string of the molecule is CCCOC(=O)c1c(NC(=O)c2ccco2)sc2c1CCC(C)C2. The molecule has 1 aliphatic carbocycles. The molecule has 5 nitrogen and oxygen atoms in total. The molecule has 0 aliphatic heterocycles. The number of hydrogen-bond acceptors (Lipinski definition) is 5. The molecule has 2 heterocycles. The summed E-state index contributed by atoms with van der Waals surface area (Å²) in [5, 5.41) is 3.39. The lowest BCUT2D eigenvalue weighted by atomic mass is 9.88. The number of anilines is 1. The number of esters is 1. The van der Waals surface area contributed by atoms with Gasteiger partial charge < -0.3 is 14.5 Å². The molecule has 128 valence electrons. The van der Waals surface area contributed by atoms with Crippen molar-refractivity contribution in [2.24, 2.45) is 5.92 Å². The smallest absolute Gasteiger partial charge is 0.341 e. The zero-order valence-corrected chi connectivity index (χ0v) is 14.7. The van der Waals surface area contributed by atoms with Crippen molar-refractivity contribution in [2.45, 2.75) is 39.5 Å². The number of ether oxygens (including phenoxy) is 1. The first-order chi connectivity index (χ1) is 11.6. The van der Waals surface area contributed by atoms with Crippen molar-refractivity contribution in [3.8, 4) is 0 Å². The fourth-order valence-corrected chi connectivity index (χ4v) is 4.29. The first kappa shape index (κ1) is 16.8. The number of carbonyl (C=O) groups excluding carboxylic acids is 2. The first-order valence-corrected chi connectivity index (χ1v) is 9.08. The van der Waals surface area contributed by atoms with Crippen molar-refractivity contribution in [3.63, 3.8) is 0 Å². The van der Waals surface area contributed by atoms with Crippen LogP contribution < -0.4 is 5.32 Å². The number of thiophene rings is 1. The summed E-state index contributed by atoms with van der Waals surface area (Å²) in [7, 11) is 0. The van der Waals surface area contributed by atoms with Crippen LogP contribution in [0.4, 0.5) is 5.00 Å². The Morgan fingerprint density at radius 1 is 1.46 bits per heavy atom. The second-order valence-corrected chi connectivity index (χ2v) is 7.23. The fourth-order valence-electron chi connectivity index (χ4n) is 2.89. The molecule has 1 unspecified atom stereocenters. The maximum Gasteiger partial charge on any atom is 0.341 e. The van der Waals surface area contributed by atoms with Crippen LogP contribution in [0.15, 0.2) is 22.8 Å². The molecule has 0 bridgehead atoms. The molecule has 0 spiro atoms. The van der Waals surface area contributed by atoms with Crippen LogP contribution >= 0.6 is 11.3 Å². The highest BCUT2D eigenvalue weighted by Crippen LogP contribution is 2.40. The van der Waals surface area contributed by atoms with E-state index in [1.807, 2.05) is 6.92 Å². The summed E-state index contributed by atoms with van der Waals surface area (Å²) >= 11 is 1.48. The molecule has 1 atom stereocenters. The van der Waals surface area contributed by atoms with Gasteiger partial charge in [-0.15, -0.1) is 11.3 Å². The van der Waals surface area contributed by atoms with Gasteiger partial charge in [-0.25, -0.2) is 4.79 Å². The molecule has 0 radical (unpaired) electrons. The molecule has 1 amide bonds. The van der Waals surface area contributed by atoms with Crippen LogP contribution in [0.2, 0.25) is 0 Å². The van der Waals surface area contributed by atoms with Crippen molar-refractivity contribution in [3.05, 3.63) is 40.2 Å². The second-order valence-electron chi connectivity index (χ2n) is 6.12. The topological polar surface area (TPSA) is 68.5 Å². The third kappa shape index (κ3) is 3.38. The van der Waals surface area contributed by atoms with Gasteiger partial charge in [0.25, 0.3) is 5.91 Å². The van der Waals surface area contributed by atoms with Gasteiger partial charge in [0, 0.05) is 4.88 Å². The van der Waals surface area contributed by atoms with Gasteiger partial charge in [0.1, 0.15) is 5.00 Å². The van der Waals surface area contributed by atoms with E-state index >= 15 is 0 Å². The minimum atomic E-state index is -0.351. The zero-order chi connectivity index (χ0) is 17.1. The predicted octanol–water partition coefficient (Wildman–Crippen LogP) is 4.29. The molecule has 6 heteroatoms. The first-order valence-electron chi connectivity index (χ1n) is 8.26. The van der Waals surface area contributed by atoms with Crippen molar-refractivity contribution in [1.29, 1.82) is 0 Å². The van der Waals surface area contributed by atoms with Gasteiger partial charge in [-0.3, -0.25) is 4.79 Å². The maximum atomic E-state index is 12.5. The van der Waals surface area contributed by atoms with Gasteiger partial charge in [0.05, 0.1) is 18.4 Å². The highest BCUT2D eigenvalue weighted by molar-refractivity contribution is 7.17. The summed E-state index contributed by atoms with van der Waals surface area (Å²) in [5.74, 6) is 0.113. The van der Waals surface area contributed by atoms with E-state index in [0.29, 0.717) is 23.1 Å². The normalized spacial score (nSPS) is 16.5. The van der Waals surface area contributed by atoms with E-state index in [2.05, 4.69) is 12.2 Å². The highest BCUT2D eigenvalue weighted by Gasteiger charge is 2.29. The van der Waals surface area contributed by atoms with Crippen molar-refractivity contribution in [1.82, 2.24) is 0 Å². The summed E-state index contributed by atoms with van der Waals surface area (Å²) in [6.07, 6.45) is 5.05. The van der Waals surface area contributed by atoms with Gasteiger partial charge in [0.15, 0.2) is 5.76 Å². The Bertz CT molecular complexity index is 733. The van der Waals surface area contributed by atoms with Crippen molar-refractivity contribution in [2.75, 3.05) is 11.9 Å². The Morgan fingerprint density at radius 2 is 2.29 bits per heavy atom. The average Bonchev–Trinajstić information content (AvgIpc) is 3.19. The lowest BCUT2D eigenvalue weighted by Crippen LogP contribution is -2.16. The molecular formula is C18H21NO4S. The maximum absolute atomic E-state index is 12.5. The third-order valence-electron chi connectivity index (χ3n) is 4.13. The van der Waals surface area contributed by atoms with Crippen molar-refractivity contribution >= 4 is 28.2 Å². The lowest BCUT2D eigenvalue weighted by molar-refractivity contribution is 0.0505. The number of hydrogen-bond donors (Lipinski definition) is 1. The largest absolute Gasteiger partial charge is 0.462 e. The molecule has 0 saturated carbocycles. The van der Waals surface area contributed by atoms with E-state index in [4.69, 9.17) is 9.15 Å². The van der Waals surface area contributed by atoms with E-state index in [9.17, 15) is 9.59 Å². The number of furan rings is 1. The van der Waals surface area contributed by atoms with E-state index < -0.39 is 0 Å². The van der Waals surface area contributed by atoms with Crippen LogP contribution in [0.1, 0.15) is 58.0 Å². The molecule has 1 N–H and O–H groups in total. The molecule has 2 aromatic rings. The van der Waals surface area contributed by atoms with E-state index in [0.717, 1.165) is 31.2 Å². The second kappa shape index (κ2) is 7.21. The number of amides is 1. The quantitative estimate of drug-likeness (QED) is 0.820. The number of fused-ring (bicyclic) bond motifs is 1. The molecular weight excluding hydrogens is 326 g/mol. The van der Waals surface area contributed by atoms with Crippen LogP contribution in [-0.2, 0) is 17.6 Å². The van der Waals surface area contributed by atoms with Crippen LogP contribution in [0.25, 0.3) is 0 Å².